The summed E-state index contributed by atoms with van der Waals surface area (Å²) in [6.45, 7) is -0.888. The Morgan fingerprint density at radius 1 is 0.455 bits per heavy atom. The lowest BCUT2D eigenvalue weighted by molar-refractivity contribution is 1.28. The Labute approximate surface area is 358 Å². The maximum Gasteiger partial charge on any atom is 0.277 e. The molecule has 256 valence electrons. The van der Waals surface area contributed by atoms with Gasteiger partial charge in [0.05, 0.1) is 41.5 Å². The SMILES string of the molecule is [2H]c1c([2H])c([2H])c(-c2ccc3sc4c(c3c2)N(c2c([2H])c([2H])c([2H])c([2H])c2[2H])c2cc(-c3c([2H])c([2H])c5c([2H])c([2H])c([2H])c([2H])c5c3[2H])cc3c2B4c2sc4ccccc4c2N3c2c([2H])c([2H])c([2H])c([2H])c2[2H])c([2H])c1[2H]. The van der Waals surface area contributed by atoms with E-state index in [-0.39, 0.29) is 45.0 Å². The van der Waals surface area contributed by atoms with Crippen LogP contribution in [-0.2, 0) is 0 Å². The van der Waals surface area contributed by atoms with E-state index >= 15 is 0 Å². The van der Waals surface area contributed by atoms with Crippen LogP contribution in [0.4, 0.5) is 34.1 Å². The molecule has 0 N–H and O–H groups in total. The predicted octanol–water partition coefficient (Wildman–Crippen LogP) is 12.7. The van der Waals surface area contributed by atoms with Crippen LogP contribution in [0.2, 0.25) is 0 Å². The Morgan fingerprint density at radius 2 is 1.04 bits per heavy atom. The highest BCUT2D eigenvalue weighted by atomic mass is 32.1. The number of anilines is 6. The first-order valence-corrected chi connectivity index (χ1v) is 18.6. The van der Waals surface area contributed by atoms with Gasteiger partial charge in [-0.1, -0.05) is 127 Å². The van der Waals surface area contributed by atoms with Crippen molar-refractivity contribution >= 4 is 109 Å². The van der Waals surface area contributed by atoms with E-state index in [0.29, 0.717) is 40.9 Å². The average molecular weight is 757 g/mol. The Kier molecular flexibility index (Phi) is 3.63. The molecule has 0 unspecified atom stereocenters. The smallest absolute Gasteiger partial charge is 0.277 e. The third-order valence-electron chi connectivity index (χ3n) is 9.91. The molecule has 0 bridgehead atoms. The van der Waals surface area contributed by atoms with E-state index < -0.39 is 156 Å². The van der Waals surface area contributed by atoms with Crippen LogP contribution in [0, 0.1) is 0 Å². The summed E-state index contributed by atoms with van der Waals surface area (Å²) in [5.74, 6) is 0. The molecular formula is C50H31BN2S2. The molecule has 4 heterocycles. The van der Waals surface area contributed by atoms with Gasteiger partial charge in [0.25, 0.3) is 6.71 Å². The third kappa shape index (κ3) is 4.67. The largest absolute Gasteiger partial charge is 0.310 e. The number of fused-ring (bicyclic) bond motifs is 9. The van der Waals surface area contributed by atoms with E-state index in [1.165, 1.54) is 44.6 Å². The molecular weight excluding hydrogens is 704 g/mol. The van der Waals surface area contributed by atoms with Crippen molar-refractivity contribution in [3.8, 4) is 22.3 Å². The molecule has 0 spiro atoms. The molecule has 2 aromatic heterocycles. The highest BCUT2D eigenvalue weighted by Gasteiger charge is 2.47. The second-order valence-corrected chi connectivity index (χ2v) is 15.0. The van der Waals surface area contributed by atoms with Crippen LogP contribution in [0.5, 0.6) is 0 Å². The van der Waals surface area contributed by atoms with Gasteiger partial charge in [0.1, 0.15) is 0 Å². The topological polar surface area (TPSA) is 6.48 Å². The molecule has 5 heteroatoms. The highest BCUT2D eigenvalue weighted by Crippen LogP contribution is 2.51. The van der Waals surface area contributed by atoms with Crippen molar-refractivity contribution in [1.29, 1.82) is 0 Å². The summed E-state index contributed by atoms with van der Waals surface area (Å²) in [5.41, 5.74) is -0.0850. The standard InChI is InChI=1S/C50H31BN2S2/c1-4-14-32(15-5-1)36-26-27-45-41(29-36)48-50(55-45)51-46-42(52(38-18-6-2-7-19-38)47-40-22-12-13-23-44(40)54-49(47)51)30-37(31-43(46)53(48)39-20-8-3-9-21-39)35-25-24-33-16-10-11-17-34(33)28-35/h1-31H/i1D,2D,3D,4D,5D,6D,7D,8D,9D,10D,11D,14D,15D,16D,17D,18D,19D,20D,21D,24D,25D,28D. The highest BCUT2D eigenvalue weighted by molar-refractivity contribution is 7.40. The van der Waals surface area contributed by atoms with Crippen LogP contribution in [0.3, 0.4) is 0 Å². The molecule has 0 saturated heterocycles. The molecule has 2 aliphatic heterocycles. The average Bonchev–Trinajstić information content (AvgIpc) is 4.25. The van der Waals surface area contributed by atoms with Crippen LogP contribution in [0.15, 0.2) is 188 Å². The molecule has 0 aliphatic carbocycles. The molecule has 10 aromatic rings. The molecule has 12 rings (SSSR count). The van der Waals surface area contributed by atoms with Gasteiger partial charge in [-0.2, -0.15) is 0 Å². The Bertz CT molecular complexity index is 4340. The minimum Gasteiger partial charge on any atom is -0.310 e. The lowest BCUT2D eigenvalue weighted by Crippen LogP contribution is -2.59. The molecule has 2 nitrogen and oxygen atoms in total. The molecule has 55 heavy (non-hydrogen) atoms. The van der Waals surface area contributed by atoms with Crippen LogP contribution in [0.25, 0.3) is 53.2 Å². The van der Waals surface area contributed by atoms with E-state index in [0.717, 1.165) is 0 Å². The molecule has 0 fully saturated rings. The van der Waals surface area contributed by atoms with E-state index in [1.807, 2.05) is 6.07 Å². The number of hydrogen-bond acceptors (Lipinski definition) is 4. The van der Waals surface area contributed by atoms with Crippen LogP contribution in [0.1, 0.15) is 30.2 Å². The number of nitrogens with zero attached hydrogens (tertiary/aromatic N) is 2. The summed E-state index contributed by atoms with van der Waals surface area (Å²) < 4.78 is 200. The zero-order chi connectivity index (χ0) is 55.2. The maximum atomic E-state index is 9.74. The van der Waals surface area contributed by atoms with Gasteiger partial charge >= 0.3 is 0 Å². The normalized spacial score (nSPS) is 18.6. The monoisotopic (exact) mass is 756 g/mol. The van der Waals surface area contributed by atoms with Gasteiger partial charge in [-0.25, -0.2) is 0 Å². The molecule has 0 amide bonds. The van der Waals surface area contributed by atoms with Gasteiger partial charge in [0.2, 0.25) is 0 Å². The molecule has 0 saturated carbocycles. The van der Waals surface area contributed by atoms with Gasteiger partial charge in [-0.3, -0.25) is 0 Å². The molecule has 0 atom stereocenters. The van der Waals surface area contributed by atoms with E-state index in [1.54, 1.807) is 36.4 Å². The van der Waals surface area contributed by atoms with Gasteiger partial charge in [0.15, 0.2) is 0 Å². The summed E-state index contributed by atoms with van der Waals surface area (Å²) in [5, 5.41) is 0.133. The van der Waals surface area contributed by atoms with Crippen LogP contribution < -0.4 is 24.8 Å². The summed E-state index contributed by atoms with van der Waals surface area (Å²) in [4.78, 5) is 2.91. The van der Waals surface area contributed by atoms with Gasteiger partial charge in [0, 0.05) is 52.5 Å². The summed E-state index contributed by atoms with van der Waals surface area (Å²) in [6, 6.07) is 0.817. The fourth-order valence-corrected chi connectivity index (χ4v) is 10.4. The first kappa shape index (κ1) is 16.5. The number of para-hydroxylation sites is 2. The molecule has 2 aliphatic rings. The lowest BCUT2D eigenvalue weighted by atomic mass is 9.39. The third-order valence-corrected chi connectivity index (χ3v) is 12.4. The number of benzene rings is 8. The number of rotatable bonds is 4. The van der Waals surface area contributed by atoms with Crippen molar-refractivity contribution in [3.63, 3.8) is 0 Å². The first-order valence-electron chi connectivity index (χ1n) is 28.0. The lowest BCUT2D eigenvalue weighted by Gasteiger charge is -2.42. The zero-order valence-corrected chi connectivity index (χ0v) is 29.6. The Balaban J connectivity index is 1.32. The molecule has 8 aromatic carbocycles. The van der Waals surface area contributed by atoms with Crippen molar-refractivity contribution < 1.29 is 30.2 Å². The zero-order valence-electron chi connectivity index (χ0n) is 50.0. The van der Waals surface area contributed by atoms with Crippen molar-refractivity contribution in [3.05, 3.63) is 188 Å². The number of hydrogen-bond donors (Lipinski definition) is 0. The summed E-state index contributed by atoms with van der Waals surface area (Å²) in [7, 11) is 0. The fraction of sp³-hybridized carbons (Fsp3) is 0. The second kappa shape index (κ2) is 12.1. The van der Waals surface area contributed by atoms with E-state index in [2.05, 4.69) is 0 Å². The predicted molar refractivity (Wildman–Crippen MR) is 240 cm³/mol. The van der Waals surface area contributed by atoms with Crippen molar-refractivity contribution in [2.75, 3.05) is 9.80 Å². The Hall–Kier alpha value is -6.40. The minimum atomic E-state index is -0.888. The van der Waals surface area contributed by atoms with Crippen LogP contribution in [-0.4, -0.2) is 6.71 Å². The fourth-order valence-electron chi connectivity index (χ4n) is 7.71. The summed E-state index contributed by atoms with van der Waals surface area (Å²) >= 11 is 2.59. The first-order chi connectivity index (χ1) is 36.4. The van der Waals surface area contributed by atoms with Crippen molar-refractivity contribution in [2.45, 2.75) is 0 Å². The van der Waals surface area contributed by atoms with Gasteiger partial charge < -0.3 is 9.80 Å². The maximum absolute atomic E-state index is 9.74. The van der Waals surface area contributed by atoms with E-state index in [4.69, 9.17) is 20.6 Å². The van der Waals surface area contributed by atoms with E-state index in [9.17, 15) is 9.60 Å². The van der Waals surface area contributed by atoms with Gasteiger partial charge in [-0.05, 0) is 99.0 Å². The Morgan fingerprint density at radius 3 is 1.73 bits per heavy atom. The number of thiophene rings is 2. The molecule has 0 radical (unpaired) electrons. The second-order valence-electron chi connectivity index (χ2n) is 12.8. The van der Waals surface area contributed by atoms with Crippen molar-refractivity contribution in [1.82, 2.24) is 0 Å². The van der Waals surface area contributed by atoms with Gasteiger partial charge in [-0.15, -0.1) is 22.7 Å². The summed E-state index contributed by atoms with van der Waals surface area (Å²) in [6.07, 6.45) is 0. The quantitative estimate of drug-likeness (QED) is 0.165. The van der Waals surface area contributed by atoms with Crippen molar-refractivity contribution in [2.24, 2.45) is 0 Å². The van der Waals surface area contributed by atoms with Crippen LogP contribution >= 0.6 is 22.7 Å². The minimum absolute atomic E-state index is 0.0299.